The van der Waals surface area contributed by atoms with Crippen LogP contribution in [0.2, 0.25) is 10.0 Å². The normalized spacial score (nSPS) is 12.1. The van der Waals surface area contributed by atoms with E-state index >= 15 is 0 Å². The molecule has 0 radical (unpaired) electrons. The van der Waals surface area contributed by atoms with Crippen molar-refractivity contribution in [2.75, 3.05) is 0 Å². The number of nitro benzene ring substituents is 1. The molecule has 0 saturated heterocycles. The van der Waals surface area contributed by atoms with Crippen molar-refractivity contribution in [3.63, 3.8) is 0 Å². The molecule has 1 N–H and O–H groups in total. The number of rotatable bonds is 5. The van der Waals surface area contributed by atoms with Gasteiger partial charge in [-0.3, -0.25) is 10.1 Å². The molecule has 110 valence electrons. The minimum absolute atomic E-state index is 0.0253. The molecule has 0 fully saturated rings. The highest BCUT2D eigenvalue weighted by molar-refractivity contribution is 6.34. The maximum atomic E-state index is 10.8. The molecule has 2 aromatic rings. The van der Waals surface area contributed by atoms with Gasteiger partial charge in [0.15, 0.2) is 0 Å². The van der Waals surface area contributed by atoms with Crippen LogP contribution in [0.15, 0.2) is 42.5 Å². The Bertz CT molecular complexity index is 642. The molecule has 1 atom stereocenters. The number of nitrogens with zero attached hydrogens (tertiary/aromatic N) is 1. The summed E-state index contributed by atoms with van der Waals surface area (Å²) in [4.78, 5) is 10.4. The minimum Gasteiger partial charge on any atom is -0.306 e. The van der Waals surface area contributed by atoms with Gasteiger partial charge in [0.05, 0.1) is 4.92 Å². The van der Waals surface area contributed by atoms with Crippen LogP contribution in [0.25, 0.3) is 0 Å². The van der Waals surface area contributed by atoms with Crippen molar-refractivity contribution in [3.05, 3.63) is 73.8 Å². The number of non-ortho nitro benzene ring substituents is 1. The molecule has 1 unspecified atom stereocenters. The lowest BCUT2D eigenvalue weighted by molar-refractivity contribution is -0.384. The number of benzene rings is 2. The summed E-state index contributed by atoms with van der Waals surface area (Å²) in [5, 5.41) is 15.3. The highest BCUT2D eigenvalue weighted by Crippen LogP contribution is 2.21. The van der Waals surface area contributed by atoms with Crippen LogP contribution in [0.3, 0.4) is 0 Å². The molecular formula is C15H14Cl2N2O2. The molecule has 2 rings (SSSR count). The van der Waals surface area contributed by atoms with Crippen LogP contribution in [0.1, 0.15) is 24.1 Å². The van der Waals surface area contributed by atoms with Gasteiger partial charge in [0.2, 0.25) is 0 Å². The van der Waals surface area contributed by atoms with E-state index in [2.05, 4.69) is 5.32 Å². The van der Waals surface area contributed by atoms with E-state index in [1.54, 1.807) is 18.2 Å². The lowest BCUT2D eigenvalue weighted by Crippen LogP contribution is -2.18. The van der Waals surface area contributed by atoms with Crippen LogP contribution >= 0.6 is 23.2 Å². The quantitative estimate of drug-likeness (QED) is 0.637. The van der Waals surface area contributed by atoms with Crippen LogP contribution in [-0.2, 0) is 6.54 Å². The summed E-state index contributed by atoms with van der Waals surface area (Å²) < 4.78 is 0. The van der Waals surface area contributed by atoms with Gasteiger partial charge in [0.1, 0.15) is 0 Å². The second-order valence-corrected chi connectivity index (χ2v) is 5.61. The van der Waals surface area contributed by atoms with Crippen LogP contribution in [0.4, 0.5) is 5.69 Å². The number of halogens is 2. The van der Waals surface area contributed by atoms with E-state index in [1.807, 2.05) is 25.1 Å². The van der Waals surface area contributed by atoms with E-state index in [0.717, 1.165) is 11.1 Å². The molecule has 0 saturated carbocycles. The van der Waals surface area contributed by atoms with Crippen molar-refractivity contribution in [1.29, 1.82) is 0 Å². The first-order valence-electron chi connectivity index (χ1n) is 6.38. The van der Waals surface area contributed by atoms with Gasteiger partial charge >= 0.3 is 0 Å². The molecule has 6 heteroatoms. The zero-order valence-electron chi connectivity index (χ0n) is 11.3. The highest BCUT2D eigenvalue weighted by atomic mass is 35.5. The van der Waals surface area contributed by atoms with Crippen molar-refractivity contribution in [3.8, 4) is 0 Å². The van der Waals surface area contributed by atoms with E-state index in [1.165, 1.54) is 6.07 Å². The summed E-state index contributed by atoms with van der Waals surface area (Å²) in [6, 6.07) is 11.9. The fourth-order valence-electron chi connectivity index (χ4n) is 2.01. The third kappa shape index (κ3) is 4.43. The Labute approximate surface area is 132 Å². The third-order valence-electron chi connectivity index (χ3n) is 3.12. The summed E-state index contributed by atoms with van der Waals surface area (Å²) in [7, 11) is 0. The summed E-state index contributed by atoms with van der Waals surface area (Å²) in [5.74, 6) is 0. The van der Waals surface area contributed by atoms with Gasteiger partial charge in [-0.1, -0.05) is 35.3 Å². The largest absolute Gasteiger partial charge is 0.306 e. The monoisotopic (exact) mass is 324 g/mol. The van der Waals surface area contributed by atoms with Crippen LogP contribution in [-0.4, -0.2) is 4.92 Å². The SMILES string of the molecule is CC(NCc1cc(Cl)cc(Cl)c1)c1cccc([N+](=O)[O-])c1. The van der Waals surface area contributed by atoms with Crippen molar-refractivity contribution in [2.24, 2.45) is 0 Å². The molecule has 0 aliphatic carbocycles. The molecule has 21 heavy (non-hydrogen) atoms. The summed E-state index contributed by atoms with van der Waals surface area (Å²) in [6.07, 6.45) is 0. The second kappa shape index (κ2) is 6.89. The summed E-state index contributed by atoms with van der Waals surface area (Å²) in [5.41, 5.74) is 1.91. The second-order valence-electron chi connectivity index (χ2n) is 4.73. The Morgan fingerprint density at radius 3 is 2.48 bits per heavy atom. The predicted octanol–water partition coefficient (Wildman–Crippen LogP) is 4.75. The van der Waals surface area contributed by atoms with Gasteiger partial charge in [-0.05, 0) is 36.2 Å². The Balaban J connectivity index is 2.06. The van der Waals surface area contributed by atoms with Crippen molar-refractivity contribution in [2.45, 2.75) is 19.5 Å². The number of nitrogens with one attached hydrogen (secondary N) is 1. The average Bonchev–Trinajstić information content (AvgIpc) is 2.44. The third-order valence-corrected chi connectivity index (χ3v) is 3.55. The number of nitro groups is 1. The molecule has 0 aromatic heterocycles. The van der Waals surface area contributed by atoms with Crippen molar-refractivity contribution < 1.29 is 4.92 Å². The first-order chi connectivity index (χ1) is 9.95. The predicted molar refractivity (Wildman–Crippen MR) is 84.8 cm³/mol. The molecule has 2 aromatic carbocycles. The molecule has 0 aliphatic rings. The fourth-order valence-corrected chi connectivity index (χ4v) is 2.58. The van der Waals surface area contributed by atoms with E-state index in [-0.39, 0.29) is 11.7 Å². The van der Waals surface area contributed by atoms with E-state index in [9.17, 15) is 10.1 Å². The zero-order chi connectivity index (χ0) is 15.4. The topological polar surface area (TPSA) is 55.2 Å². The van der Waals surface area contributed by atoms with E-state index in [0.29, 0.717) is 16.6 Å². The van der Waals surface area contributed by atoms with Crippen LogP contribution in [0, 0.1) is 10.1 Å². The molecule has 0 amide bonds. The Morgan fingerprint density at radius 1 is 1.19 bits per heavy atom. The average molecular weight is 325 g/mol. The molecule has 4 nitrogen and oxygen atoms in total. The fraction of sp³-hybridized carbons (Fsp3) is 0.200. The molecular weight excluding hydrogens is 311 g/mol. The summed E-state index contributed by atoms with van der Waals surface area (Å²) >= 11 is 11.9. The van der Waals surface area contributed by atoms with E-state index in [4.69, 9.17) is 23.2 Å². The lowest BCUT2D eigenvalue weighted by Gasteiger charge is -2.14. The van der Waals surface area contributed by atoms with Gasteiger partial charge in [-0.25, -0.2) is 0 Å². The Hall–Kier alpha value is -1.62. The van der Waals surface area contributed by atoms with Gasteiger partial charge in [-0.2, -0.15) is 0 Å². The Kier molecular flexibility index (Phi) is 5.17. The van der Waals surface area contributed by atoms with Gasteiger partial charge in [0, 0.05) is 34.8 Å². The van der Waals surface area contributed by atoms with Gasteiger partial charge in [0.25, 0.3) is 5.69 Å². The minimum atomic E-state index is -0.396. The van der Waals surface area contributed by atoms with Crippen LogP contribution < -0.4 is 5.32 Å². The molecule has 0 heterocycles. The number of hydrogen-bond donors (Lipinski definition) is 1. The van der Waals surface area contributed by atoms with Gasteiger partial charge < -0.3 is 5.32 Å². The van der Waals surface area contributed by atoms with E-state index < -0.39 is 4.92 Å². The first kappa shape index (κ1) is 15.8. The zero-order valence-corrected chi connectivity index (χ0v) is 12.9. The van der Waals surface area contributed by atoms with Crippen molar-refractivity contribution >= 4 is 28.9 Å². The molecule has 0 spiro atoms. The first-order valence-corrected chi connectivity index (χ1v) is 7.14. The van der Waals surface area contributed by atoms with Crippen molar-refractivity contribution in [1.82, 2.24) is 5.32 Å². The summed E-state index contributed by atoms with van der Waals surface area (Å²) in [6.45, 7) is 2.52. The smallest absolute Gasteiger partial charge is 0.269 e. The lowest BCUT2D eigenvalue weighted by atomic mass is 10.1. The molecule has 0 bridgehead atoms. The Morgan fingerprint density at radius 2 is 1.86 bits per heavy atom. The van der Waals surface area contributed by atoms with Crippen LogP contribution in [0.5, 0.6) is 0 Å². The molecule has 0 aliphatic heterocycles. The highest BCUT2D eigenvalue weighted by Gasteiger charge is 2.10. The van der Waals surface area contributed by atoms with Gasteiger partial charge in [-0.15, -0.1) is 0 Å². The maximum Gasteiger partial charge on any atom is 0.269 e. The maximum absolute atomic E-state index is 10.8. The standard InChI is InChI=1S/C15H14Cl2N2O2/c1-10(12-3-2-4-15(7-12)19(20)21)18-9-11-5-13(16)8-14(17)6-11/h2-8,10,18H,9H2,1H3. The number of hydrogen-bond acceptors (Lipinski definition) is 3.